The number of pyridine rings is 1. The summed E-state index contributed by atoms with van der Waals surface area (Å²) in [6.07, 6.45) is 4.20. The zero-order valence-electron chi connectivity index (χ0n) is 10.3. The molecule has 1 atom stereocenters. The smallest absolute Gasteiger partial charge is 0.252 e. The number of anilines is 1. The number of hydrogen-bond donors (Lipinski definition) is 3. The molecule has 0 spiro atoms. The van der Waals surface area contributed by atoms with Crippen LogP contribution < -0.4 is 10.6 Å². The quantitative estimate of drug-likeness (QED) is 0.696. The van der Waals surface area contributed by atoms with Crippen LogP contribution in [0.4, 0.5) is 5.82 Å². The Hall–Kier alpha value is -2.74. The Morgan fingerprint density at radius 1 is 1.30 bits per heavy atom. The Balaban J connectivity index is 1.98. The van der Waals surface area contributed by atoms with Crippen LogP contribution in [0.3, 0.4) is 0 Å². The van der Waals surface area contributed by atoms with Crippen molar-refractivity contribution >= 4 is 17.6 Å². The van der Waals surface area contributed by atoms with Crippen LogP contribution in [0.2, 0.25) is 0 Å². The van der Waals surface area contributed by atoms with Gasteiger partial charge in [0.1, 0.15) is 12.3 Å². The zero-order valence-corrected chi connectivity index (χ0v) is 10.3. The molecular formula is C12H12N4O4. The highest BCUT2D eigenvalue weighted by Crippen LogP contribution is 2.03. The second-order valence-corrected chi connectivity index (χ2v) is 3.82. The lowest BCUT2D eigenvalue weighted by atomic mass is 10.2. The number of aromatic nitrogens is 2. The van der Waals surface area contributed by atoms with Gasteiger partial charge in [-0.15, -0.1) is 0 Å². The normalized spacial score (nSPS) is 11.7. The third kappa shape index (κ3) is 3.39. The lowest BCUT2D eigenvalue weighted by molar-refractivity contribution is -0.118. The minimum Gasteiger partial charge on any atom is -0.394 e. The number of amides is 2. The molecule has 0 bridgehead atoms. The van der Waals surface area contributed by atoms with E-state index in [1.54, 1.807) is 0 Å². The van der Waals surface area contributed by atoms with E-state index in [1.165, 1.54) is 36.9 Å². The topological polar surface area (TPSA) is 117 Å². The number of nitrogens with one attached hydrogen (secondary N) is 2. The first-order valence-corrected chi connectivity index (χ1v) is 5.73. The molecule has 2 aromatic rings. The van der Waals surface area contributed by atoms with Gasteiger partial charge in [0, 0.05) is 24.0 Å². The van der Waals surface area contributed by atoms with Crippen molar-refractivity contribution in [1.29, 1.82) is 0 Å². The summed E-state index contributed by atoms with van der Waals surface area (Å²) in [5.41, 5.74) is 0.340. The molecule has 2 aromatic heterocycles. The average Bonchev–Trinajstić information content (AvgIpc) is 2.98. The molecule has 0 saturated carbocycles. The number of nitrogens with zero attached hydrogens (tertiary/aromatic N) is 2. The predicted octanol–water partition coefficient (Wildman–Crippen LogP) is -0.201. The van der Waals surface area contributed by atoms with Crippen molar-refractivity contribution in [3.05, 3.63) is 42.4 Å². The maximum absolute atomic E-state index is 11.9. The highest BCUT2D eigenvalue weighted by Gasteiger charge is 2.21. The number of aliphatic hydroxyl groups excluding tert-OH is 1. The van der Waals surface area contributed by atoms with Crippen molar-refractivity contribution in [3.63, 3.8) is 0 Å². The molecule has 2 amide bonds. The molecular weight excluding hydrogens is 264 g/mol. The van der Waals surface area contributed by atoms with Crippen molar-refractivity contribution in [1.82, 2.24) is 15.5 Å². The summed E-state index contributed by atoms with van der Waals surface area (Å²) in [7, 11) is 0. The maximum atomic E-state index is 11.9. The van der Waals surface area contributed by atoms with Gasteiger partial charge in [-0.2, -0.15) is 0 Å². The van der Waals surface area contributed by atoms with Gasteiger partial charge in [0.05, 0.1) is 6.61 Å². The molecule has 0 aliphatic heterocycles. The number of aliphatic hydroxyl groups is 1. The number of carbonyl (C=O) groups is 2. The molecule has 104 valence electrons. The van der Waals surface area contributed by atoms with Crippen LogP contribution in [-0.2, 0) is 4.79 Å². The van der Waals surface area contributed by atoms with Gasteiger partial charge in [0.2, 0.25) is 0 Å². The standard InChI is InChI=1S/C12H12N4O4/c17-7-9(12(19)15-10-3-6-20-16-10)14-11(18)8-1-4-13-5-2-8/h1-6,9,17H,7H2,(H,14,18)(H,15,16,19). The molecule has 3 N–H and O–H groups in total. The van der Waals surface area contributed by atoms with E-state index in [1.807, 2.05) is 0 Å². The Morgan fingerprint density at radius 3 is 2.65 bits per heavy atom. The van der Waals surface area contributed by atoms with Crippen LogP contribution >= 0.6 is 0 Å². The Kier molecular flexibility index (Phi) is 4.40. The molecule has 1 unspecified atom stereocenters. The third-order valence-electron chi connectivity index (χ3n) is 2.44. The zero-order chi connectivity index (χ0) is 14.4. The summed E-state index contributed by atoms with van der Waals surface area (Å²) in [4.78, 5) is 27.5. The van der Waals surface area contributed by atoms with Crippen LogP contribution in [0.5, 0.6) is 0 Å². The van der Waals surface area contributed by atoms with E-state index in [0.717, 1.165) is 0 Å². The largest absolute Gasteiger partial charge is 0.394 e. The van der Waals surface area contributed by atoms with E-state index < -0.39 is 24.5 Å². The summed E-state index contributed by atoms with van der Waals surface area (Å²) < 4.78 is 4.56. The highest BCUT2D eigenvalue weighted by molar-refractivity contribution is 6.00. The van der Waals surface area contributed by atoms with E-state index >= 15 is 0 Å². The molecule has 0 aliphatic rings. The van der Waals surface area contributed by atoms with Crippen molar-refractivity contribution in [3.8, 4) is 0 Å². The van der Waals surface area contributed by atoms with Gasteiger partial charge in [-0.25, -0.2) is 0 Å². The van der Waals surface area contributed by atoms with E-state index in [0.29, 0.717) is 5.56 Å². The Labute approximate surface area is 113 Å². The van der Waals surface area contributed by atoms with Gasteiger partial charge in [-0.05, 0) is 12.1 Å². The monoisotopic (exact) mass is 276 g/mol. The van der Waals surface area contributed by atoms with Crippen LogP contribution in [0.1, 0.15) is 10.4 Å². The third-order valence-corrected chi connectivity index (χ3v) is 2.44. The van der Waals surface area contributed by atoms with Gasteiger partial charge in [0.15, 0.2) is 5.82 Å². The molecule has 0 aliphatic carbocycles. The van der Waals surface area contributed by atoms with Gasteiger partial charge in [-0.1, -0.05) is 5.16 Å². The number of hydrogen-bond acceptors (Lipinski definition) is 6. The molecule has 2 rings (SSSR count). The molecule has 0 fully saturated rings. The fourth-order valence-corrected chi connectivity index (χ4v) is 1.43. The second kappa shape index (κ2) is 6.43. The number of carbonyl (C=O) groups excluding carboxylic acids is 2. The second-order valence-electron chi connectivity index (χ2n) is 3.82. The summed E-state index contributed by atoms with van der Waals surface area (Å²) in [5, 5.41) is 17.5. The molecule has 0 saturated heterocycles. The SMILES string of the molecule is O=C(NC(CO)C(=O)Nc1ccon1)c1ccncc1. The summed E-state index contributed by atoms with van der Waals surface area (Å²) in [6.45, 7) is -0.541. The van der Waals surface area contributed by atoms with Gasteiger partial charge < -0.3 is 20.3 Å². The van der Waals surface area contributed by atoms with Crippen molar-refractivity contribution in [2.24, 2.45) is 0 Å². The lowest BCUT2D eigenvalue weighted by Crippen LogP contribution is -2.46. The summed E-state index contributed by atoms with van der Waals surface area (Å²) >= 11 is 0. The van der Waals surface area contributed by atoms with E-state index in [-0.39, 0.29) is 5.82 Å². The first-order chi connectivity index (χ1) is 9.70. The molecule has 8 nitrogen and oxygen atoms in total. The highest BCUT2D eigenvalue weighted by atomic mass is 16.5. The summed E-state index contributed by atoms with van der Waals surface area (Å²) in [6, 6.07) is 3.35. The van der Waals surface area contributed by atoms with Crippen LogP contribution in [0.15, 0.2) is 41.4 Å². The molecule has 0 aromatic carbocycles. The minimum absolute atomic E-state index is 0.201. The molecule has 0 radical (unpaired) electrons. The number of rotatable bonds is 5. The van der Waals surface area contributed by atoms with Crippen molar-refractivity contribution < 1.29 is 19.2 Å². The Bertz CT molecular complexity index is 570. The molecule has 2 heterocycles. The first kappa shape index (κ1) is 13.7. The van der Waals surface area contributed by atoms with Gasteiger partial charge in [0.25, 0.3) is 11.8 Å². The van der Waals surface area contributed by atoms with Crippen LogP contribution in [-0.4, -0.2) is 39.7 Å². The van der Waals surface area contributed by atoms with E-state index in [2.05, 4.69) is 25.3 Å². The van der Waals surface area contributed by atoms with Crippen LogP contribution in [0, 0.1) is 0 Å². The predicted molar refractivity (Wildman–Crippen MR) is 67.7 cm³/mol. The van der Waals surface area contributed by atoms with Gasteiger partial charge in [-0.3, -0.25) is 14.6 Å². The summed E-state index contributed by atoms with van der Waals surface area (Å²) in [5.74, 6) is -0.878. The van der Waals surface area contributed by atoms with Gasteiger partial charge >= 0.3 is 0 Å². The lowest BCUT2D eigenvalue weighted by Gasteiger charge is -2.15. The fourth-order valence-electron chi connectivity index (χ4n) is 1.43. The molecule has 20 heavy (non-hydrogen) atoms. The van der Waals surface area contributed by atoms with E-state index in [4.69, 9.17) is 0 Å². The van der Waals surface area contributed by atoms with Crippen LogP contribution in [0.25, 0.3) is 0 Å². The average molecular weight is 276 g/mol. The minimum atomic E-state index is -1.09. The van der Waals surface area contributed by atoms with Crippen molar-refractivity contribution in [2.45, 2.75) is 6.04 Å². The maximum Gasteiger partial charge on any atom is 0.252 e. The van der Waals surface area contributed by atoms with E-state index in [9.17, 15) is 14.7 Å². The Morgan fingerprint density at radius 2 is 2.05 bits per heavy atom. The fraction of sp³-hybridized carbons (Fsp3) is 0.167. The molecule has 8 heteroatoms. The first-order valence-electron chi connectivity index (χ1n) is 5.73. The van der Waals surface area contributed by atoms with Crippen molar-refractivity contribution in [2.75, 3.05) is 11.9 Å².